The van der Waals surface area contributed by atoms with Crippen molar-refractivity contribution in [3.63, 3.8) is 0 Å². The summed E-state index contributed by atoms with van der Waals surface area (Å²) >= 11 is 0. The molecule has 0 bridgehead atoms. The molecular weight excluding hydrogens is 542 g/mol. The smallest absolute Gasteiger partial charge is 0.331 e. The van der Waals surface area contributed by atoms with Crippen molar-refractivity contribution in [1.29, 1.82) is 0 Å². The Labute approximate surface area is 239 Å². The van der Waals surface area contributed by atoms with Gasteiger partial charge in [-0.05, 0) is 54.3 Å². The summed E-state index contributed by atoms with van der Waals surface area (Å²) < 4.78 is 36.6. The molecule has 0 aliphatic carbocycles. The molecule has 3 heterocycles. The van der Waals surface area contributed by atoms with E-state index >= 15 is 0 Å². The average molecular weight is 580 g/mol. The number of methoxy groups -OCH3 is 1. The second-order valence-electron chi connectivity index (χ2n) is 10.4. The summed E-state index contributed by atoms with van der Waals surface area (Å²) in [6.45, 7) is 7.61. The van der Waals surface area contributed by atoms with E-state index in [0.717, 1.165) is 29.8 Å². The lowest BCUT2D eigenvalue weighted by Crippen LogP contribution is -2.48. The number of aromatic nitrogens is 3. The Balaban J connectivity index is 1.33. The zero-order valence-corrected chi connectivity index (χ0v) is 24.6. The van der Waals surface area contributed by atoms with Crippen LogP contribution in [-0.4, -0.2) is 65.0 Å². The highest BCUT2D eigenvalue weighted by Crippen LogP contribution is 2.26. The summed E-state index contributed by atoms with van der Waals surface area (Å²) in [5, 5.41) is 0. The van der Waals surface area contributed by atoms with Gasteiger partial charge in [-0.1, -0.05) is 38.1 Å². The van der Waals surface area contributed by atoms with E-state index in [9.17, 15) is 18.0 Å². The molecule has 2 aromatic heterocycles. The maximum Gasteiger partial charge on any atom is 0.331 e. The third-order valence-electron chi connectivity index (χ3n) is 7.58. The van der Waals surface area contributed by atoms with Gasteiger partial charge in [0.05, 0.1) is 17.5 Å². The number of rotatable bonds is 10. The Morgan fingerprint density at radius 3 is 2.22 bits per heavy atom. The minimum atomic E-state index is -3.65. The lowest BCUT2D eigenvalue weighted by Gasteiger charge is -2.34. The van der Waals surface area contributed by atoms with Crippen LogP contribution >= 0.6 is 0 Å². The zero-order chi connectivity index (χ0) is 29.1. The van der Waals surface area contributed by atoms with Gasteiger partial charge in [-0.15, -0.1) is 0 Å². The molecule has 4 aromatic rings. The highest BCUT2D eigenvalue weighted by Gasteiger charge is 2.28. The van der Waals surface area contributed by atoms with E-state index in [1.165, 1.54) is 8.87 Å². The number of hydrogen-bond acceptors (Lipinski definition) is 6. The van der Waals surface area contributed by atoms with E-state index in [-0.39, 0.29) is 16.1 Å². The topological polar surface area (TPSA) is 110 Å². The van der Waals surface area contributed by atoms with Crippen molar-refractivity contribution in [2.75, 3.05) is 33.3 Å². The zero-order valence-electron chi connectivity index (χ0n) is 23.8. The molecule has 0 atom stereocenters. The Morgan fingerprint density at radius 1 is 0.878 bits per heavy atom. The van der Waals surface area contributed by atoms with Gasteiger partial charge in [0.1, 0.15) is 11.3 Å². The molecule has 1 saturated heterocycles. The molecule has 0 amide bonds. The Bertz CT molecular complexity index is 1750. The van der Waals surface area contributed by atoms with Gasteiger partial charge >= 0.3 is 5.69 Å². The van der Waals surface area contributed by atoms with Crippen molar-refractivity contribution in [1.82, 2.24) is 23.3 Å². The molecule has 11 heteroatoms. The number of hydrogen-bond donors (Lipinski definition) is 1. The summed E-state index contributed by atoms with van der Waals surface area (Å²) in [4.78, 5) is 31.7. The predicted octanol–water partition coefficient (Wildman–Crippen LogP) is 3.49. The minimum absolute atomic E-state index is 0.229. The maximum absolute atomic E-state index is 13.4. The van der Waals surface area contributed by atoms with Crippen molar-refractivity contribution in [3.8, 4) is 17.0 Å². The number of aromatic amines is 1. The molecule has 1 N–H and O–H groups in total. The van der Waals surface area contributed by atoms with Crippen LogP contribution in [0.1, 0.15) is 32.3 Å². The molecule has 0 radical (unpaired) electrons. The maximum atomic E-state index is 13.4. The standard InChI is InChI=1S/C30H37N5O5S/c1-4-13-34-27-20-26(31-28(27)29(36)35(14-5-2)30(34)37)23-9-11-25(12-10-23)41(38,39)33-17-15-32(16-18-33)21-22-7-6-8-24(19-22)40-3/h6-12,19-20,31H,4-5,13-18,21H2,1-3H3. The van der Waals surface area contributed by atoms with Gasteiger partial charge in [-0.3, -0.25) is 18.8 Å². The molecule has 0 spiro atoms. The molecule has 2 aromatic carbocycles. The lowest BCUT2D eigenvalue weighted by atomic mass is 10.1. The largest absolute Gasteiger partial charge is 0.497 e. The molecule has 1 fully saturated rings. The van der Waals surface area contributed by atoms with Gasteiger partial charge in [0.25, 0.3) is 5.56 Å². The molecule has 10 nitrogen and oxygen atoms in total. The number of H-pyrrole nitrogens is 1. The first-order valence-corrected chi connectivity index (χ1v) is 15.5. The first-order valence-electron chi connectivity index (χ1n) is 14.1. The number of aryl methyl sites for hydroxylation is 1. The highest BCUT2D eigenvalue weighted by atomic mass is 32.2. The third kappa shape index (κ3) is 5.74. The van der Waals surface area contributed by atoms with Gasteiger partial charge in [0.15, 0.2) is 0 Å². The van der Waals surface area contributed by atoms with Crippen molar-refractivity contribution in [2.24, 2.45) is 0 Å². The van der Waals surface area contributed by atoms with Crippen LogP contribution in [0, 0.1) is 0 Å². The van der Waals surface area contributed by atoms with E-state index in [4.69, 9.17) is 4.74 Å². The number of ether oxygens (including phenoxy) is 1. The number of piperazine rings is 1. The van der Waals surface area contributed by atoms with Gasteiger partial charge in [0, 0.05) is 51.5 Å². The number of sulfonamides is 1. The fourth-order valence-corrected chi connectivity index (χ4v) is 6.84. The monoisotopic (exact) mass is 579 g/mol. The van der Waals surface area contributed by atoms with Gasteiger partial charge in [-0.25, -0.2) is 13.2 Å². The van der Waals surface area contributed by atoms with Crippen LogP contribution in [0.2, 0.25) is 0 Å². The Hall–Kier alpha value is -3.67. The third-order valence-corrected chi connectivity index (χ3v) is 9.49. The van der Waals surface area contributed by atoms with Gasteiger partial charge in [-0.2, -0.15) is 4.31 Å². The average Bonchev–Trinajstić information content (AvgIpc) is 3.44. The number of benzene rings is 2. The summed E-state index contributed by atoms with van der Waals surface area (Å²) in [6.07, 6.45) is 1.43. The van der Waals surface area contributed by atoms with E-state index in [2.05, 4.69) is 9.88 Å². The molecule has 0 saturated carbocycles. The number of fused-ring (bicyclic) bond motifs is 1. The summed E-state index contributed by atoms with van der Waals surface area (Å²) in [7, 11) is -2.01. The summed E-state index contributed by atoms with van der Waals surface area (Å²) in [6, 6.07) is 16.4. The number of nitrogens with zero attached hydrogens (tertiary/aromatic N) is 4. The molecule has 0 unspecified atom stereocenters. The first kappa shape index (κ1) is 28.8. The minimum Gasteiger partial charge on any atom is -0.497 e. The van der Waals surface area contributed by atoms with Crippen LogP contribution < -0.4 is 16.0 Å². The van der Waals surface area contributed by atoms with Crippen LogP contribution in [0.5, 0.6) is 5.75 Å². The summed E-state index contributed by atoms with van der Waals surface area (Å²) in [5.74, 6) is 0.809. The fraction of sp³-hybridized carbons (Fsp3) is 0.400. The van der Waals surface area contributed by atoms with Crippen LogP contribution in [0.3, 0.4) is 0 Å². The van der Waals surface area contributed by atoms with Crippen LogP contribution in [0.4, 0.5) is 0 Å². The normalized spacial score (nSPS) is 15.0. The van der Waals surface area contributed by atoms with Crippen molar-refractivity contribution in [2.45, 2.75) is 51.2 Å². The van der Waals surface area contributed by atoms with Crippen LogP contribution in [0.25, 0.3) is 22.3 Å². The quantitative estimate of drug-likeness (QED) is 0.308. The molecular formula is C30H37N5O5S. The molecule has 218 valence electrons. The molecule has 1 aliphatic heterocycles. The van der Waals surface area contributed by atoms with Gasteiger partial charge < -0.3 is 9.72 Å². The van der Waals surface area contributed by atoms with Crippen LogP contribution in [0.15, 0.2) is 69.1 Å². The lowest BCUT2D eigenvalue weighted by molar-refractivity contribution is 0.181. The predicted molar refractivity (Wildman–Crippen MR) is 160 cm³/mol. The van der Waals surface area contributed by atoms with Crippen LogP contribution in [-0.2, 0) is 29.7 Å². The van der Waals surface area contributed by atoms with Crippen molar-refractivity contribution in [3.05, 3.63) is 81.0 Å². The fourth-order valence-electron chi connectivity index (χ4n) is 5.42. The van der Waals surface area contributed by atoms with E-state index < -0.39 is 10.0 Å². The first-order chi connectivity index (χ1) is 19.8. The SMILES string of the molecule is CCCn1c(=O)c2[nH]c(-c3ccc(S(=O)(=O)N4CCN(Cc5cccc(OC)c5)CC4)cc3)cc2n(CCC)c1=O. The van der Waals surface area contributed by atoms with E-state index in [1.807, 2.05) is 38.1 Å². The second-order valence-corrected chi connectivity index (χ2v) is 12.3. The molecule has 41 heavy (non-hydrogen) atoms. The molecule has 1 aliphatic rings. The van der Waals surface area contributed by atoms with Crippen molar-refractivity contribution < 1.29 is 13.2 Å². The Morgan fingerprint density at radius 2 is 1.56 bits per heavy atom. The van der Waals surface area contributed by atoms with Gasteiger partial charge in [0.2, 0.25) is 10.0 Å². The second kappa shape index (κ2) is 12.1. The number of nitrogens with one attached hydrogen (secondary N) is 1. The van der Waals surface area contributed by atoms with E-state index in [0.29, 0.717) is 62.4 Å². The van der Waals surface area contributed by atoms with Crippen molar-refractivity contribution >= 4 is 21.1 Å². The summed E-state index contributed by atoms with van der Waals surface area (Å²) in [5.41, 5.74) is 2.82. The Kier molecular flexibility index (Phi) is 8.48. The molecule has 5 rings (SSSR count). The highest BCUT2D eigenvalue weighted by molar-refractivity contribution is 7.89. The van der Waals surface area contributed by atoms with E-state index in [1.54, 1.807) is 42.0 Å².